The maximum atomic E-state index is 15.5. The molecule has 12 aromatic carbocycles. The molecule has 0 aliphatic carbocycles. The van der Waals surface area contributed by atoms with Gasteiger partial charge in [0.15, 0.2) is 0 Å². The molecule has 0 atom stereocenters. The predicted molar refractivity (Wildman–Crippen MR) is 281 cm³/mol. The normalized spacial score (nSPS) is 11.4. The summed E-state index contributed by atoms with van der Waals surface area (Å²) in [5.74, 6) is -1.40. The molecule has 12 rings (SSSR count). The second kappa shape index (κ2) is 17.6. The maximum Gasteiger partial charge on any atom is 0.125 e. The molecule has 0 unspecified atom stereocenters. The van der Waals surface area contributed by atoms with Crippen LogP contribution in [0, 0.1) is 23.3 Å². The van der Waals surface area contributed by atoms with Crippen molar-refractivity contribution in [3.8, 4) is 44.5 Å². The lowest BCUT2D eigenvalue weighted by Crippen LogP contribution is -2.12. The summed E-state index contributed by atoms with van der Waals surface area (Å²) in [7, 11) is 0. The van der Waals surface area contributed by atoms with Crippen LogP contribution in [0.15, 0.2) is 243 Å². The van der Waals surface area contributed by atoms with Crippen LogP contribution in [-0.4, -0.2) is 0 Å². The molecule has 70 heavy (non-hydrogen) atoms. The van der Waals surface area contributed by atoms with Crippen LogP contribution in [0.25, 0.3) is 76.8 Å². The Balaban J connectivity index is 1.10. The first-order valence-electron chi connectivity index (χ1n) is 23.1. The molecule has 0 amide bonds. The number of anilines is 6. The number of halogens is 4. The first kappa shape index (κ1) is 42.4. The van der Waals surface area contributed by atoms with Crippen LogP contribution in [0.3, 0.4) is 0 Å². The molecule has 0 saturated carbocycles. The minimum absolute atomic E-state index is 0.323. The Kier molecular flexibility index (Phi) is 10.6. The van der Waals surface area contributed by atoms with Crippen molar-refractivity contribution in [3.63, 3.8) is 0 Å². The van der Waals surface area contributed by atoms with Gasteiger partial charge < -0.3 is 9.80 Å². The summed E-state index contributed by atoms with van der Waals surface area (Å²) >= 11 is 0. The van der Waals surface area contributed by atoms with Crippen molar-refractivity contribution in [1.82, 2.24) is 0 Å². The quantitative estimate of drug-likeness (QED) is 0.0996. The molecule has 12 aromatic rings. The maximum absolute atomic E-state index is 15.5. The molecular weight excluding hydrogens is 873 g/mol. The van der Waals surface area contributed by atoms with Crippen LogP contribution >= 0.6 is 0 Å². The molecule has 0 aliphatic rings. The van der Waals surface area contributed by atoms with E-state index in [2.05, 4.69) is 119 Å². The van der Waals surface area contributed by atoms with E-state index in [-0.39, 0.29) is 23.3 Å². The smallest absolute Gasteiger partial charge is 0.125 e. The van der Waals surface area contributed by atoms with Gasteiger partial charge in [0, 0.05) is 33.5 Å². The van der Waals surface area contributed by atoms with Crippen molar-refractivity contribution in [1.29, 1.82) is 0 Å². The zero-order valence-corrected chi connectivity index (χ0v) is 37.5. The van der Waals surface area contributed by atoms with Gasteiger partial charge in [0.2, 0.25) is 0 Å². The van der Waals surface area contributed by atoms with Gasteiger partial charge in [-0.15, -0.1) is 0 Å². The van der Waals surface area contributed by atoms with Crippen molar-refractivity contribution < 1.29 is 17.6 Å². The molecular formula is C64H40F4N2. The molecule has 0 saturated heterocycles. The average Bonchev–Trinajstić information content (AvgIpc) is 3.39. The van der Waals surface area contributed by atoms with Gasteiger partial charge >= 0.3 is 0 Å². The standard InChI is InChI=1S/C64H40F4N2/c65-51-25-17-43(18-26-51)49-33-47(41-9-3-1-4-10-41)35-57(37-49)69(55-15-7-13-53(67)39-55)61-31-23-45-22-30-60-62(32-24-46-21-29-59(61)63(45)64(46)60)70(56-16-8-14-54(68)40-56)58-36-48(42-11-5-2-6-12-42)34-50(38-58)44-19-27-52(66)28-20-44/h1-40H. The summed E-state index contributed by atoms with van der Waals surface area (Å²) in [5.41, 5.74) is 11.8. The van der Waals surface area contributed by atoms with E-state index < -0.39 is 0 Å². The van der Waals surface area contributed by atoms with Crippen molar-refractivity contribution >= 4 is 66.4 Å². The van der Waals surface area contributed by atoms with Gasteiger partial charge in [0.1, 0.15) is 23.3 Å². The van der Waals surface area contributed by atoms with Crippen molar-refractivity contribution in [3.05, 3.63) is 266 Å². The van der Waals surface area contributed by atoms with Crippen molar-refractivity contribution in [2.45, 2.75) is 0 Å². The highest BCUT2D eigenvalue weighted by molar-refractivity contribution is 6.28. The third-order valence-electron chi connectivity index (χ3n) is 13.2. The van der Waals surface area contributed by atoms with Crippen LogP contribution in [0.5, 0.6) is 0 Å². The molecule has 0 bridgehead atoms. The van der Waals surface area contributed by atoms with Crippen LogP contribution in [0.1, 0.15) is 0 Å². The Hall–Kier alpha value is -9.00. The first-order chi connectivity index (χ1) is 34.3. The minimum atomic E-state index is -0.376. The van der Waals surface area contributed by atoms with Crippen LogP contribution in [-0.2, 0) is 0 Å². The Morgan fingerprint density at radius 2 is 0.586 bits per heavy atom. The van der Waals surface area contributed by atoms with E-state index in [1.165, 1.54) is 36.4 Å². The molecule has 0 heterocycles. The molecule has 2 nitrogen and oxygen atoms in total. The number of rotatable bonds is 10. The lowest BCUT2D eigenvalue weighted by molar-refractivity contribution is 0.627. The fraction of sp³-hybridized carbons (Fsp3) is 0. The summed E-state index contributed by atoms with van der Waals surface area (Å²) in [6.45, 7) is 0. The predicted octanol–water partition coefficient (Wildman–Crippen LogP) is 18.7. The highest BCUT2D eigenvalue weighted by Gasteiger charge is 2.24. The second-order valence-electron chi connectivity index (χ2n) is 17.5. The van der Waals surface area contributed by atoms with Gasteiger partial charge in [-0.25, -0.2) is 17.6 Å². The Morgan fingerprint density at radius 1 is 0.229 bits per heavy atom. The summed E-state index contributed by atoms with van der Waals surface area (Å²) in [6, 6.07) is 75.9. The molecule has 0 spiro atoms. The average molecular weight is 913 g/mol. The van der Waals surface area contributed by atoms with E-state index in [0.717, 1.165) is 99.6 Å². The highest BCUT2D eigenvalue weighted by atomic mass is 19.1. The summed E-state index contributed by atoms with van der Waals surface area (Å²) in [5, 5.41) is 5.93. The monoisotopic (exact) mass is 912 g/mol. The van der Waals surface area contributed by atoms with Crippen molar-refractivity contribution in [2.24, 2.45) is 0 Å². The Bertz CT molecular complexity index is 3620. The fourth-order valence-electron chi connectivity index (χ4n) is 9.94. The third-order valence-corrected chi connectivity index (χ3v) is 13.2. The van der Waals surface area contributed by atoms with E-state index in [1.54, 1.807) is 48.5 Å². The summed E-state index contributed by atoms with van der Waals surface area (Å²) in [4.78, 5) is 4.20. The Morgan fingerprint density at radius 3 is 0.957 bits per heavy atom. The van der Waals surface area contributed by atoms with Crippen molar-refractivity contribution in [2.75, 3.05) is 9.80 Å². The number of hydrogen-bond donors (Lipinski definition) is 0. The molecule has 334 valence electrons. The molecule has 0 N–H and O–H groups in total. The van der Waals surface area contributed by atoms with Crippen LogP contribution in [0.2, 0.25) is 0 Å². The van der Waals surface area contributed by atoms with E-state index in [4.69, 9.17) is 0 Å². The summed E-state index contributed by atoms with van der Waals surface area (Å²) < 4.78 is 59.6. The number of hydrogen-bond acceptors (Lipinski definition) is 2. The zero-order valence-electron chi connectivity index (χ0n) is 37.5. The highest BCUT2D eigenvalue weighted by Crippen LogP contribution is 2.49. The first-order valence-corrected chi connectivity index (χ1v) is 23.1. The van der Waals surface area contributed by atoms with Gasteiger partial charge in [-0.3, -0.25) is 0 Å². The van der Waals surface area contributed by atoms with E-state index >= 15 is 8.78 Å². The number of benzene rings is 12. The van der Waals surface area contributed by atoms with Gasteiger partial charge in [-0.1, -0.05) is 133 Å². The van der Waals surface area contributed by atoms with Crippen LogP contribution < -0.4 is 9.80 Å². The number of nitrogens with zero attached hydrogens (tertiary/aromatic N) is 2. The van der Waals surface area contributed by atoms with E-state index in [9.17, 15) is 8.78 Å². The van der Waals surface area contributed by atoms with Crippen LogP contribution in [0.4, 0.5) is 51.7 Å². The van der Waals surface area contributed by atoms with Gasteiger partial charge in [-0.2, -0.15) is 0 Å². The Labute approximate surface area is 402 Å². The molecule has 0 fully saturated rings. The SMILES string of the molecule is Fc1ccc(-c2cc(-c3ccccc3)cc(N(c3cccc(F)c3)c3ccc4ccc5c(N(c6cccc(F)c6)c6cc(-c7ccccc7)cc(-c7ccc(F)cc7)c6)ccc6ccc3c4c65)c2)cc1. The van der Waals surface area contributed by atoms with E-state index in [1.807, 2.05) is 48.5 Å². The molecule has 0 aromatic heterocycles. The van der Waals surface area contributed by atoms with Gasteiger partial charge in [0.25, 0.3) is 0 Å². The molecule has 0 radical (unpaired) electrons. The lowest BCUT2D eigenvalue weighted by atomic mass is 9.91. The van der Waals surface area contributed by atoms with Gasteiger partial charge in [-0.05, 0) is 175 Å². The third kappa shape index (κ3) is 7.85. The fourth-order valence-corrected chi connectivity index (χ4v) is 9.94. The zero-order chi connectivity index (χ0) is 47.3. The summed E-state index contributed by atoms with van der Waals surface area (Å²) in [6.07, 6.45) is 0. The minimum Gasteiger partial charge on any atom is -0.310 e. The van der Waals surface area contributed by atoms with Gasteiger partial charge in [0.05, 0.1) is 11.4 Å². The molecule has 0 aliphatic heterocycles. The van der Waals surface area contributed by atoms with E-state index in [0.29, 0.717) is 11.4 Å². The second-order valence-corrected chi connectivity index (χ2v) is 17.5. The molecule has 6 heteroatoms. The lowest BCUT2D eigenvalue weighted by Gasteiger charge is -2.30. The topological polar surface area (TPSA) is 6.48 Å². The largest absolute Gasteiger partial charge is 0.310 e.